The minimum Gasteiger partial charge on any atom is -0.374 e. The smallest absolute Gasteiger partial charge is 0.331 e. The number of amides is 1. The van der Waals surface area contributed by atoms with Gasteiger partial charge in [0.1, 0.15) is 5.82 Å². The molecule has 2 aliphatic heterocycles. The lowest BCUT2D eigenvalue weighted by Crippen LogP contribution is -2.37. The summed E-state index contributed by atoms with van der Waals surface area (Å²) >= 11 is 0. The van der Waals surface area contributed by atoms with Crippen LogP contribution in [0.5, 0.6) is 0 Å². The van der Waals surface area contributed by atoms with Crippen LogP contribution < -0.4 is 10.2 Å². The molecule has 3 fully saturated rings. The third kappa shape index (κ3) is 3.66. The number of nitrogens with zero attached hydrogens (tertiary/aromatic N) is 5. The fourth-order valence-corrected chi connectivity index (χ4v) is 5.37. The van der Waals surface area contributed by atoms with Gasteiger partial charge in [-0.1, -0.05) is 19.3 Å². The maximum atomic E-state index is 13.7. The maximum absolute atomic E-state index is 13.7. The maximum Gasteiger partial charge on any atom is 0.331 e. The lowest BCUT2D eigenvalue weighted by atomic mass is 9.96. The molecule has 3 aromatic heterocycles. The zero-order chi connectivity index (χ0) is 22.5. The molecule has 2 saturated heterocycles. The van der Waals surface area contributed by atoms with Gasteiger partial charge in [-0.2, -0.15) is 5.10 Å². The number of nitrogens with one attached hydrogen (secondary N) is 1. The Bertz CT molecular complexity index is 1190. The van der Waals surface area contributed by atoms with E-state index in [1.165, 1.54) is 4.57 Å². The van der Waals surface area contributed by atoms with E-state index in [-0.39, 0.29) is 17.8 Å². The van der Waals surface area contributed by atoms with E-state index in [9.17, 15) is 13.6 Å². The molecule has 3 aliphatic rings. The number of fused-ring (bicyclic) bond motifs is 3. The van der Waals surface area contributed by atoms with Gasteiger partial charge in [-0.3, -0.25) is 9.25 Å². The summed E-state index contributed by atoms with van der Waals surface area (Å²) in [5.41, 5.74) is 0.145. The van der Waals surface area contributed by atoms with Crippen LogP contribution >= 0.6 is 0 Å². The minimum absolute atomic E-state index is 0.0487. The Morgan fingerprint density at radius 3 is 2.73 bits per heavy atom. The second-order valence-electron chi connectivity index (χ2n) is 9.20. The van der Waals surface area contributed by atoms with E-state index in [1.807, 2.05) is 12.1 Å². The van der Waals surface area contributed by atoms with Gasteiger partial charge in [-0.25, -0.2) is 18.6 Å². The highest BCUT2D eigenvalue weighted by Gasteiger charge is 2.39. The molecule has 3 aromatic rings. The highest BCUT2D eigenvalue weighted by atomic mass is 19.3. The molecular weight excluding hydrogens is 430 g/mol. The van der Waals surface area contributed by atoms with Crippen molar-refractivity contribution in [3.05, 3.63) is 36.3 Å². The average Bonchev–Trinajstić information content (AvgIpc) is 3.61. The Morgan fingerprint density at radius 2 is 2.00 bits per heavy atom. The van der Waals surface area contributed by atoms with Crippen LogP contribution in [0.15, 0.2) is 30.6 Å². The van der Waals surface area contributed by atoms with Crippen molar-refractivity contribution in [2.45, 2.75) is 63.1 Å². The van der Waals surface area contributed by atoms with Crippen LogP contribution in [0.25, 0.3) is 11.0 Å². The number of alkyl halides is 2. The normalized spacial score (nSPS) is 23.2. The molecule has 174 valence electrons. The fraction of sp³-hybridized carbons (Fsp3) is 0.522. The Labute approximate surface area is 189 Å². The first kappa shape index (κ1) is 20.6. The molecule has 1 aliphatic carbocycles. The largest absolute Gasteiger partial charge is 0.374 e. The first-order valence-electron chi connectivity index (χ1n) is 11.6. The number of hydrogen-bond acceptors (Lipinski definition) is 5. The first-order chi connectivity index (χ1) is 16.1. The van der Waals surface area contributed by atoms with E-state index < -0.39 is 18.2 Å². The number of hydrogen-bond donors (Lipinski definition) is 1. The summed E-state index contributed by atoms with van der Waals surface area (Å²) in [4.78, 5) is 20.1. The van der Waals surface area contributed by atoms with E-state index in [2.05, 4.69) is 15.3 Å². The summed E-state index contributed by atoms with van der Waals surface area (Å²) in [5, 5.41) is 7.58. The third-order valence-electron chi connectivity index (χ3n) is 7.09. The van der Waals surface area contributed by atoms with Crippen LogP contribution in [0.4, 0.5) is 25.1 Å². The predicted molar refractivity (Wildman–Crippen MR) is 119 cm³/mol. The van der Waals surface area contributed by atoms with Gasteiger partial charge in [-0.05, 0) is 37.5 Å². The van der Waals surface area contributed by atoms with Crippen LogP contribution in [0.2, 0.25) is 0 Å². The number of carbonyl (C=O) groups excluding carboxylic acids is 1. The summed E-state index contributed by atoms with van der Waals surface area (Å²) in [6.07, 6.45) is 6.71. The van der Waals surface area contributed by atoms with E-state index in [4.69, 9.17) is 9.72 Å². The molecule has 0 spiro atoms. The molecule has 1 amide bonds. The lowest BCUT2D eigenvalue weighted by Gasteiger charge is -2.27. The number of halogens is 2. The van der Waals surface area contributed by atoms with Gasteiger partial charge in [0, 0.05) is 24.3 Å². The van der Waals surface area contributed by atoms with Gasteiger partial charge < -0.3 is 15.0 Å². The highest BCUT2D eigenvalue weighted by Crippen LogP contribution is 2.34. The Kier molecular flexibility index (Phi) is 5.05. The molecule has 2 bridgehead atoms. The topological polar surface area (TPSA) is 77.2 Å². The van der Waals surface area contributed by atoms with Gasteiger partial charge in [0.25, 0.3) is 6.43 Å². The number of aromatic nitrogens is 4. The van der Waals surface area contributed by atoms with Gasteiger partial charge in [0.05, 0.1) is 30.5 Å². The quantitative estimate of drug-likeness (QED) is 0.614. The van der Waals surface area contributed by atoms with Gasteiger partial charge in [0.2, 0.25) is 0 Å². The van der Waals surface area contributed by atoms with Crippen LogP contribution in [0, 0.1) is 0 Å². The van der Waals surface area contributed by atoms with Crippen molar-refractivity contribution in [3.8, 4) is 0 Å². The summed E-state index contributed by atoms with van der Waals surface area (Å²) < 4.78 is 36.0. The summed E-state index contributed by atoms with van der Waals surface area (Å²) in [6, 6.07) is 5.54. The third-order valence-corrected chi connectivity index (χ3v) is 7.09. The monoisotopic (exact) mass is 456 g/mol. The molecular formula is C23H26F2N6O2. The lowest BCUT2D eigenvalue weighted by molar-refractivity contribution is 0.0989. The van der Waals surface area contributed by atoms with E-state index in [0.717, 1.165) is 56.3 Å². The molecule has 8 nitrogen and oxygen atoms in total. The highest BCUT2D eigenvalue weighted by molar-refractivity contribution is 5.97. The van der Waals surface area contributed by atoms with Crippen molar-refractivity contribution >= 4 is 28.6 Å². The second-order valence-corrected chi connectivity index (χ2v) is 9.20. The van der Waals surface area contributed by atoms with Crippen LogP contribution in [-0.2, 0) is 4.74 Å². The van der Waals surface area contributed by atoms with Crippen molar-refractivity contribution in [1.82, 2.24) is 19.3 Å². The van der Waals surface area contributed by atoms with Crippen LogP contribution in [-0.4, -0.2) is 50.7 Å². The average molecular weight is 456 g/mol. The zero-order valence-corrected chi connectivity index (χ0v) is 18.2. The number of ether oxygens (including phenoxy) is 1. The number of pyridine rings is 1. The predicted octanol–water partition coefficient (Wildman–Crippen LogP) is 4.73. The molecule has 1 unspecified atom stereocenters. The van der Waals surface area contributed by atoms with E-state index in [0.29, 0.717) is 18.3 Å². The standard InChI is InChI=1S/C23H26F2N6O2/c24-21(25)20-18(12-31(28-20)15-4-2-1-3-5-15)26-23(32)29-9-8-14-6-7-19(27-22(14)29)30-11-17-10-16(30)13-33-17/h6-9,12,15-17,21H,1-5,10-11,13H2,(H,26,32)/t16-,17?/m0/s1. The Morgan fingerprint density at radius 1 is 1.15 bits per heavy atom. The van der Waals surface area contributed by atoms with Crippen molar-refractivity contribution in [2.75, 3.05) is 23.4 Å². The second kappa shape index (κ2) is 8.09. The molecule has 6 rings (SSSR count). The summed E-state index contributed by atoms with van der Waals surface area (Å²) in [7, 11) is 0. The molecule has 2 atom stereocenters. The molecule has 10 heteroatoms. The SMILES string of the molecule is O=C(Nc1cn(C2CCCCC2)nc1C(F)F)n1ccc2ccc(N3CC4C[C@H]3CO4)nc21. The Hall–Kier alpha value is -3.01. The molecule has 0 aromatic carbocycles. The fourth-order valence-electron chi connectivity index (χ4n) is 5.37. The van der Waals surface area contributed by atoms with E-state index in [1.54, 1.807) is 23.1 Å². The molecule has 1 N–H and O–H groups in total. The number of morpholine rings is 1. The van der Waals surface area contributed by atoms with Gasteiger partial charge >= 0.3 is 6.03 Å². The van der Waals surface area contributed by atoms with Gasteiger partial charge in [-0.15, -0.1) is 0 Å². The van der Waals surface area contributed by atoms with Crippen LogP contribution in [0.1, 0.15) is 56.7 Å². The van der Waals surface area contributed by atoms with Crippen LogP contribution in [0.3, 0.4) is 0 Å². The summed E-state index contributed by atoms with van der Waals surface area (Å²) in [5.74, 6) is 0.796. The molecule has 33 heavy (non-hydrogen) atoms. The minimum atomic E-state index is -2.77. The van der Waals surface area contributed by atoms with Crippen molar-refractivity contribution in [2.24, 2.45) is 0 Å². The first-order valence-corrected chi connectivity index (χ1v) is 11.6. The Balaban J connectivity index is 1.28. The zero-order valence-electron chi connectivity index (χ0n) is 18.2. The van der Waals surface area contributed by atoms with Crippen molar-refractivity contribution in [3.63, 3.8) is 0 Å². The summed E-state index contributed by atoms with van der Waals surface area (Å²) in [6.45, 7) is 1.47. The van der Waals surface area contributed by atoms with Crippen molar-refractivity contribution < 1.29 is 18.3 Å². The number of anilines is 2. The number of carbonyl (C=O) groups is 1. The number of rotatable bonds is 4. The van der Waals surface area contributed by atoms with Crippen molar-refractivity contribution in [1.29, 1.82) is 0 Å². The molecule has 0 radical (unpaired) electrons. The van der Waals surface area contributed by atoms with E-state index >= 15 is 0 Å². The molecule has 1 saturated carbocycles. The molecule has 5 heterocycles. The van der Waals surface area contributed by atoms with Gasteiger partial charge in [0.15, 0.2) is 11.3 Å².